The number of likely N-dealkylation sites (tertiary alicyclic amines) is 1. The van der Waals surface area contributed by atoms with Gasteiger partial charge in [-0.3, -0.25) is 14.6 Å². The van der Waals surface area contributed by atoms with Crippen molar-refractivity contribution >= 4 is 11.9 Å². The minimum Gasteiger partial charge on any atom is -0.480 e. The van der Waals surface area contributed by atoms with Crippen molar-refractivity contribution in [1.29, 1.82) is 0 Å². The van der Waals surface area contributed by atoms with Crippen LogP contribution >= 0.6 is 0 Å². The normalized spacial score (nSPS) is 22.4. The summed E-state index contributed by atoms with van der Waals surface area (Å²) in [5.74, 6) is -1.81. The molecule has 9 heteroatoms. The SMILES string of the molecule is NC1(C(=O)O)CCN(C(=O)c2ccc(C(F)(F)F)nc2)C1. The molecule has 1 aliphatic heterocycles. The summed E-state index contributed by atoms with van der Waals surface area (Å²) in [4.78, 5) is 27.4. The predicted octanol–water partition coefficient (Wildman–Crippen LogP) is 0.728. The summed E-state index contributed by atoms with van der Waals surface area (Å²) in [5, 5.41) is 8.97. The maximum atomic E-state index is 12.4. The van der Waals surface area contributed by atoms with Gasteiger partial charge in [0.15, 0.2) is 0 Å². The first-order chi connectivity index (χ1) is 9.63. The lowest BCUT2D eigenvalue weighted by molar-refractivity contribution is -0.143. The van der Waals surface area contributed by atoms with Gasteiger partial charge in [0.2, 0.25) is 0 Å². The third-order valence-corrected chi connectivity index (χ3v) is 3.31. The van der Waals surface area contributed by atoms with Crippen molar-refractivity contribution in [2.75, 3.05) is 13.1 Å². The van der Waals surface area contributed by atoms with E-state index in [2.05, 4.69) is 4.98 Å². The fourth-order valence-corrected chi connectivity index (χ4v) is 2.05. The Morgan fingerprint density at radius 2 is 2.05 bits per heavy atom. The van der Waals surface area contributed by atoms with E-state index in [4.69, 9.17) is 10.8 Å². The van der Waals surface area contributed by atoms with Gasteiger partial charge in [0.1, 0.15) is 11.2 Å². The molecule has 3 N–H and O–H groups in total. The van der Waals surface area contributed by atoms with Gasteiger partial charge in [-0.1, -0.05) is 0 Å². The highest BCUT2D eigenvalue weighted by Crippen LogP contribution is 2.27. The van der Waals surface area contributed by atoms with E-state index in [1.807, 2.05) is 0 Å². The highest BCUT2D eigenvalue weighted by Gasteiger charge is 2.43. The summed E-state index contributed by atoms with van der Waals surface area (Å²) in [6, 6.07) is 1.71. The molecule has 0 aromatic carbocycles. The summed E-state index contributed by atoms with van der Waals surface area (Å²) in [6.45, 7) is -0.0646. The number of nitrogens with zero attached hydrogens (tertiary/aromatic N) is 2. The number of carbonyl (C=O) groups is 2. The maximum absolute atomic E-state index is 12.4. The van der Waals surface area contributed by atoms with Crippen LogP contribution in [0.25, 0.3) is 0 Å². The van der Waals surface area contributed by atoms with Crippen molar-refractivity contribution in [3.05, 3.63) is 29.6 Å². The average Bonchev–Trinajstić information content (AvgIpc) is 2.81. The quantitative estimate of drug-likeness (QED) is 0.839. The van der Waals surface area contributed by atoms with Crippen LogP contribution < -0.4 is 5.73 Å². The van der Waals surface area contributed by atoms with Crippen LogP contribution in [0.2, 0.25) is 0 Å². The van der Waals surface area contributed by atoms with Crippen LogP contribution in [-0.2, 0) is 11.0 Å². The molecule has 1 aromatic heterocycles. The topological polar surface area (TPSA) is 96.5 Å². The zero-order valence-corrected chi connectivity index (χ0v) is 10.7. The van der Waals surface area contributed by atoms with Crippen molar-refractivity contribution in [1.82, 2.24) is 9.88 Å². The highest BCUT2D eigenvalue weighted by molar-refractivity contribution is 5.95. The molecule has 2 rings (SSSR count). The number of nitrogens with two attached hydrogens (primary N) is 1. The largest absolute Gasteiger partial charge is 0.480 e. The molecule has 0 radical (unpaired) electrons. The number of rotatable bonds is 2. The number of alkyl halides is 3. The first kappa shape index (κ1) is 15.2. The van der Waals surface area contributed by atoms with Crippen molar-refractivity contribution in [2.24, 2.45) is 5.73 Å². The van der Waals surface area contributed by atoms with E-state index in [1.54, 1.807) is 0 Å². The summed E-state index contributed by atoms with van der Waals surface area (Å²) >= 11 is 0. The van der Waals surface area contributed by atoms with Crippen LogP contribution in [0.4, 0.5) is 13.2 Å². The molecule has 1 fully saturated rings. The Kier molecular flexibility index (Phi) is 3.62. The summed E-state index contributed by atoms with van der Waals surface area (Å²) in [7, 11) is 0. The number of hydrogen-bond donors (Lipinski definition) is 2. The molecule has 1 aliphatic rings. The second-order valence-corrected chi connectivity index (χ2v) is 4.87. The van der Waals surface area contributed by atoms with Gasteiger partial charge in [-0.15, -0.1) is 0 Å². The monoisotopic (exact) mass is 303 g/mol. The molecule has 0 saturated carbocycles. The van der Waals surface area contributed by atoms with Gasteiger partial charge >= 0.3 is 12.1 Å². The molecular formula is C12H12F3N3O3. The van der Waals surface area contributed by atoms with Crippen LogP contribution in [0, 0.1) is 0 Å². The zero-order valence-electron chi connectivity index (χ0n) is 10.7. The molecular weight excluding hydrogens is 291 g/mol. The lowest BCUT2D eigenvalue weighted by atomic mass is 10.0. The van der Waals surface area contributed by atoms with Crippen molar-refractivity contribution < 1.29 is 27.9 Å². The first-order valence-electron chi connectivity index (χ1n) is 5.98. The average molecular weight is 303 g/mol. The number of aromatic nitrogens is 1. The molecule has 114 valence electrons. The first-order valence-corrected chi connectivity index (χ1v) is 5.98. The Balaban J connectivity index is 2.13. The zero-order chi connectivity index (χ0) is 15.8. The van der Waals surface area contributed by atoms with E-state index in [0.29, 0.717) is 6.07 Å². The minimum atomic E-state index is -4.58. The lowest BCUT2D eigenvalue weighted by Crippen LogP contribution is -2.50. The minimum absolute atomic E-state index is 0.0439. The van der Waals surface area contributed by atoms with Gasteiger partial charge in [0.05, 0.1) is 5.56 Å². The highest BCUT2D eigenvalue weighted by atomic mass is 19.4. The van der Waals surface area contributed by atoms with Crippen LogP contribution in [0.1, 0.15) is 22.5 Å². The Hall–Kier alpha value is -2.16. The number of carboxylic acids is 1. The molecule has 21 heavy (non-hydrogen) atoms. The molecule has 0 bridgehead atoms. The Morgan fingerprint density at radius 1 is 1.38 bits per heavy atom. The molecule has 0 spiro atoms. The van der Waals surface area contributed by atoms with Gasteiger partial charge in [-0.05, 0) is 18.6 Å². The van der Waals surface area contributed by atoms with Gasteiger partial charge < -0.3 is 15.7 Å². The Bertz CT molecular complexity index is 573. The summed E-state index contributed by atoms with van der Waals surface area (Å²) < 4.78 is 37.1. The van der Waals surface area contributed by atoms with Crippen LogP contribution in [0.3, 0.4) is 0 Å². The number of halogens is 3. The Labute approximate surface area is 117 Å². The molecule has 1 saturated heterocycles. The van der Waals surface area contributed by atoms with E-state index in [-0.39, 0.29) is 25.1 Å². The van der Waals surface area contributed by atoms with E-state index < -0.39 is 29.3 Å². The molecule has 1 aromatic rings. The van der Waals surface area contributed by atoms with Gasteiger partial charge in [-0.25, -0.2) is 0 Å². The molecule has 1 unspecified atom stereocenters. The van der Waals surface area contributed by atoms with E-state index >= 15 is 0 Å². The number of carboxylic acid groups (broad SMARTS) is 1. The lowest BCUT2D eigenvalue weighted by Gasteiger charge is -2.20. The number of carbonyl (C=O) groups excluding carboxylic acids is 1. The van der Waals surface area contributed by atoms with Gasteiger partial charge in [-0.2, -0.15) is 13.2 Å². The molecule has 6 nitrogen and oxygen atoms in total. The molecule has 0 aliphatic carbocycles. The number of pyridine rings is 1. The third-order valence-electron chi connectivity index (χ3n) is 3.31. The van der Waals surface area contributed by atoms with Crippen molar-refractivity contribution in [3.8, 4) is 0 Å². The third kappa shape index (κ3) is 2.97. The standard InChI is InChI=1S/C12H12F3N3O3/c13-12(14,15)8-2-1-7(5-17-8)9(19)18-4-3-11(16,6-18)10(20)21/h1-2,5H,3-4,6,16H2,(H,20,21). The van der Waals surface area contributed by atoms with Gasteiger partial charge in [0.25, 0.3) is 5.91 Å². The fourth-order valence-electron chi connectivity index (χ4n) is 2.05. The second-order valence-electron chi connectivity index (χ2n) is 4.87. The summed E-state index contributed by atoms with van der Waals surface area (Å²) in [6.07, 6.45) is -3.67. The van der Waals surface area contributed by atoms with Crippen LogP contribution in [-0.4, -0.2) is 45.5 Å². The number of hydrogen-bond acceptors (Lipinski definition) is 4. The molecule has 2 heterocycles. The number of aliphatic carboxylic acids is 1. The van der Waals surface area contributed by atoms with E-state index in [0.717, 1.165) is 12.3 Å². The maximum Gasteiger partial charge on any atom is 0.433 e. The predicted molar refractivity (Wildman–Crippen MR) is 64.3 cm³/mol. The number of amides is 1. The smallest absolute Gasteiger partial charge is 0.433 e. The van der Waals surface area contributed by atoms with Crippen molar-refractivity contribution in [3.63, 3.8) is 0 Å². The van der Waals surface area contributed by atoms with E-state index in [1.165, 1.54) is 4.90 Å². The fraction of sp³-hybridized carbons (Fsp3) is 0.417. The van der Waals surface area contributed by atoms with Crippen LogP contribution in [0.15, 0.2) is 18.3 Å². The van der Waals surface area contributed by atoms with Gasteiger partial charge in [0, 0.05) is 19.3 Å². The van der Waals surface area contributed by atoms with Crippen molar-refractivity contribution in [2.45, 2.75) is 18.1 Å². The Morgan fingerprint density at radius 3 is 2.48 bits per heavy atom. The second kappa shape index (κ2) is 4.99. The molecule has 1 amide bonds. The molecule has 1 atom stereocenters. The summed E-state index contributed by atoms with van der Waals surface area (Å²) in [5.41, 5.74) is 2.97. The van der Waals surface area contributed by atoms with Crippen LogP contribution in [0.5, 0.6) is 0 Å². The van der Waals surface area contributed by atoms with E-state index in [9.17, 15) is 22.8 Å².